The summed E-state index contributed by atoms with van der Waals surface area (Å²) in [7, 11) is 0. The van der Waals surface area contributed by atoms with Crippen LogP contribution < -0.4 is 10.9 Å². The van der Waals surface area contributed by atoms with Crippen molar-refractivity contribution in [2.24, 2.45) is 5.41 Å². The van der Waals surface area contributed by atoms with E-state index in [2.05, 4.69) is 5.32 Å². The smallest absolute Gasteiger partial charge is 0.250 e. The predicted molar refractivity (Wildman–Crippen MR) is 70.6 cm³/mol. The van der Waals surface area contributed by atoms with Crippen LogP contribution >= 0.6 is 11.6 Å². The summed E-state index contributed by atoms with van der Waals surface area (Å²) in [5, 5.41) is 3.43. The summed E-state index contributed by atoms with van der Waals surface area (Å²) >= 11 is 5.78. The lowest BCUT2D eigenvalue weighted by atomic mass is 10.0. The molecule has 0 unspecified atom stereocenters. The van der Waals surface area contributed by atoms with E-state index >= 15 is 0 Å². The van der Waals surface area contributed by atoms with E-state index in [1.165, 1.54) is 12.8 Å². The van der Waals surface area contributed by atoms with Crippen LogP contribution in [-0.4, -0.2) is 23.5 Å². The van der Waals surface area contributed by atoms with Crippen molar-refractivity contribution in [1.29, 1.82) is 0 Å². The predicted octanol–water partition coefficient (Wildman–Crippen LogP) is 1.85. The molecule has 0 bridgehead atoms. The van der Waals surface area contributed by atoms with Gasteiger partial charge in [0.25, 0.3) is 5.56 Å². The van der Waals surface area contributed by atoms with Crippen LogP contribution in [0, 0.1) is 5.41 Å². The van der Waals surface area contributed by atoms with Gasteiger partial charge in [0.1, 0.15) is 0 Å². The number of hydrogen-bond acceptors (Lipinski definition) is 2. The van der Waals surface area contributed by atoms with Crippen LogP contribution in [0.4, 0.5) is 0 Å². The van der Waals surface area contributed by atoms with Crippen molar-refractivity contribution in [2.75, 3.05) is 19.0 Å². The molecular formula is C13H19ClN2O. The molecule has 1 fully saturated rings. The normalized spacial score (nSPS) is 17.0. The van der Waals surface area contributed by atoms with Crippen molar-refractivity contribution >= 4 is 11.6 Å². The highest BCUT2D eigenvalue weighted by Gasteiger charge is 2.40. The molecule has 94 valence electrons. The maximum absolute atomic E-state index is 11.4. The second-order valence-electron chi connectivity index (χ2n) is 4.85. The van der Waals surface area contributed by atoms with Crippen LogP contribution in [0.25, 0.3) is 0 Å². The van der Waals surface area contributed by atoms with Crippen molar-refractivity contribution in [3.8, 4) is 0 Å². The first-order valence-electron chi connectivity index (χ1n) is 6.18. The number of nitrogens with zero attached hydrogens (tertiary/aromatic N) is 1. The molecule has 0 radical (unpaired) electrons. The lowest BCUT2D eigenvalue weighted by molar-refractivity contribution is 0.436. The molecule has 1 aliphatic rings. The average molecular weight is 255 g/mol. The van der Waals surface area contributed by atoms with Gasteiger partial charge in [-0.3, -0.25) is 4.79 Å². The molecule has 0 saturated heterocycles. The Bertz CT molecular complexity index is 412. The Labute approximate surface area is 107 Å². The highest BCUT2D eigenvalue weighted by molar-refractivity contribution is 6.17. The van der Waals surface area contributed by atoms with Gasteiger partial charge in [-0.2, -0.15) is 0 Å². The van der Waals surface area contributed by atoms with Gasteiger partial charge in [-0.15, -0.1) is 11.6 Å². The molecule has 1 aliphatic carbocycles. The minimum absolute atomic E-state index is 0.0659. The van der Waals surface area contributed by atoms with E-state index < -0.39 is 0 Å². The minimum Gasteiger partial charge on any atom is -0.314 e. The summed E-state index contributed by atoms with van der Waals surface area (Å²) in [5.74, 6) is 0.750. The van der Waals surface area contributed by atoms with Crippen molar-refractivity contribution in [2.45, 2.75) is 25.8 Å². The molecule has 0 atom stereocenters. The van der Waals surface area contributed by atoms with Crippen molar-refractivity contribution in [1.82, 2.24) is 9.88 Å². The Hall–Kier alpha value is -0.800. The summed E-state index contributed by atoms with van der Waals surface area (Å²) in [4.78, 5) is 11.4. The molecule has 1 aromatic heterocycles. The number of hydrogen-bond donors (Lipinski definition) is 1. The van der Waals surface area contributed by atoms with Crippen molar-refractivity contribution in [3.63, 3.8) is 0 Å². The fourth-order valence-corrected chi connectivity index (χ4v) is 2.49. The first kappa shape index (κ1) is 12.7. The molecule has 1 saturated carbocycles. The Morgan fingerprint density at radius 1 is 1.41 bits per heavy atom. The quantitative estimate of drug-likeness (QED) is 0.595. The fourth-order valence-electron chi connectivity index (χ4n) is 2.09. The number of rotatable bonds is 7. The zero-order valence-corrected chi connectivity index (χ0v) is 10.7. The van der Waals surface area contributed by atoms with E-state index in [0.29, 0.717) is 5.41 Å². The standard InChI is InChI=1S/C13H19ClN2O/c14-7-6-13(4-5-13)11-15-8-10-16-9-2-1-3-12(16)17/h1-3,9,15H,4-8,10-11H2. The number of nitrogens with one attached hydrogen (secondary N) is 1. The monoisotopic (exact) mass is 254 g/mol. The summed E-state index contributed by atoms with van der Waals surface area (Å²) in [6, 6.07) is 5.25. The van der Waals surface area contributed by atoms with E-state index in [-0.39, 0.29) is 5.56 Å². The third-order valence-corrected chi connectivity index (χ3v) is 3.70. The molecule has 0 spiro atoms. The highest BCUT2D eigenvalue weighted by atomic mass is 35.5. The molecule has 0 aliphatic heterocycles. The average Bonchev–Trinajstić information content (AvgIpc) is 3.08. The Morgan fingerprint density at radius 2 is 2.24 bits per heavy atom. The van der Waals surface area contributed by atoms with Gasteiger partial charge in [-0.05, 0) is 30.7 Å². The van der Waals surface area contributed by atoms with Gasteiger partial charge in [-0.1, -0.05) is 6.07 Å². The van der Waals surface area contributed by atoms with Gasteiger partial charge < -0.3 is 9.88 Å². The van der Waals surface area contributed by atoms with Crippen LogP contribution in [0.3, 0.4) is 0 Å². The number of aromatic nitrogens is 1. The first-order chi connectivity index (χ1) is 8.26. The third-order valence-electron chi connectivity index (χ3n) is 3.51. The van der Waals surface area contributed by atoms with Crippen LogP contribution in [0.1, 0.15) is 19.3 Å². The second kappa shape index (κ2) is 5.69. The maximum Gasteiger partial charge on any atom is 0.250 e. The molecule has 2 rings (SSSR count). The van der Waals surface area contributed by atoms with Crippen molar-refractivity contribution < 1.29 is 0 Å². The molecule has 1 aromatic rings. The van der Waals surface area contributed by atoms with Gasteiger partial charge in [0.15, 0.2) is 0 Å². The maximum atomic E-state index is 11.4. The van der Waals surface area contributed by atoms with Crippen LogP contribution in [-0.2, 0) is 6.54 Å². The Morgan fingerprint density at radius 3 is 2.88 bits per heavy atom. The molecule has 3 nitrogen and oxygen atoms in total. The van der Waals surface area contributed by atoms with Gasteiger partial charge in [0.2, 0.25) is 0 Å². The molecule has 1 N–H and O–H groups in total. The zero-order valence-electron chi connectivity index (χ0n) is 9.99. The molecule has 0 amide bonds. The summed E-state index contributed by atoms with van der Waals surface area (Å²) in [6.07, 6.45) is 5.51. The first-order valence-corrected chi connectivity index (χ1v) is 6.71. The van der Waals surface area contributed by atoms with Gasteiger partial charge in [0.05, 0.1) is 0 Å². The third kappa shape index (κ3) is 3.58. The lowest BCUT2D eigenvalue weighted by Crippen LogP contribution is -2.30. The Kier molecular flexibility index (Phi) is 4.24. The summed E-state index contributed by atoms with van der Waals surface area (Å²) in [6.45, 7) is 2.60. The van der Waals surface area contributed by atoms with Gasteiger partial charge in [-0.25, -0.2) is 0 Å². The molecule has 4 heteroatoms. The fraction of sp³-hybridized carbons (Fsp3) is 0.615. The van der Waals surface area contributed by atoms with E-state index in [9.17, 15) is 4.79 Å². The minimum atomic E-state index is 0.0659. The van der Waals surface area contributed by atoms with Gasteiger partial charge >= 0.3 is 0 Å². The van der Waals surface area contributed by atoms with E-state index in [1.54, 1.807) is 16.7 Å². The SMILES string of the molecule is O=c1ccccn1CCNCC1(CCCl)CC1. The second-order valence-corrected chi connectivity index (χ2v) is 5.23. The number of pyridine rings is 1. The highest BCUT2D eigenvalue weighted by Crippen LogP contribution is 2.48. The molecule has 1 heterocycles. The van der Waals surface area contributed by atoms with E-state index in [4.69, 9.17) is 11.6 Å². The topological polar surface area (TPSA) is 34.0 Å². The van der Waals surface area contributed by atoms with E-state index in [0.717, 1.165) is 31.9 Å². The van der Waals surface area contributed by atoms with Crippen LogP contribution in [0.15, 0.2) is 29.2 Å². The summed E-state index contributed by atoms with van der Waals surface area (Å²) in [5.41, 5.74) is 0.528. The molecule has 0 aromatic carbocycles. The summed E-state index contributed by atoms with van der Waals surface area (Å²) < 4.78 is 1.73. The number of halogens is 1. The lowest BCUT2D eigenvalue weighted by Gasteiger charge is -2.14. The number of alkyl halides is 1. The zero-order chi connectivity index (χ0) is 12.1. The molecular weight excluding hydrogens is 236 g/mol. The van der Waals surface area contributed by atoms with Crippen molar-refractivity contribution in [3.05, 3.63) is 34.7 Å². The largest absolute Gasteiger partial charge is 0.314 e. The van der Waals surface area contributed by atoms with Crippen LogP contribution in [0.5, 0.6) is 0 Å². The van der Waals surface area contributed by atoms with Gasteiger partial charge in [0, 0.05) is 37.8 Å². The Balaban J connectivity index is 1.70. The van der Waals surface area contributed by atoms with Crippen LogP contribution in [0.2, 0.25) is 0 Å². The molecule has 17 heavy (non-hydrogen) atoms. The van der Waals surface area contributed by atoms with E-state index in [1.807, 2.05) is 12.3 Å².